The van der Waals surface area contributed by atoms with Crippen molar-refractivity contribution in [3.8, 4) is 0 Å². The van der Waals surface area contributed by atoms with Crippen molar-refractivity contribution in [2.75, 3.05) is 22.9 Å². The SMILES string of the molecule is O=C1NC(=S)N(c2ccccc2F)C(=O)/C1=C/c1ccc(N2CCCCCC2)o1. The molecule has 2 amide bonds. The molecule has 1 aromatic heterocycles. The molecule has 150 valence electrons. The molecule has 4 rings (SSSR count). The van der Waals surface area contributed by atoms with Gasteiger partial charge in [0.15, 0.2) is 11.0 Å². The fourth-order valence-corrected chi connectivity index (χ4v) is 3.81. The Bertz CT molecular complexity index is 993. The number of halogens is 1. The first-order chi connectivity index (χ1) is 14.0. The molecule has 1 N–H and O–H groups in total. The molecule has 6 nitrogen and oxygen atoms in total. The Kier molecular flexibility index (Phi) is 5.44. The minimum Gasteiger partial charge on any atom is -0.441 e. The number of thiocarbonyl (C=S) groups is 1. The first-order valence-corrected chi connectivity index (χ1v) is 9.96. The summed E-state index contributed by atoms with van der Waals surface area (Å²) in [5.74, 6) is -0.857. The molecule has 2 fully saturated rings. The fraction of sp³-hybridized carbons (Fsp3) is 0.286. The number of hydrogen-bond donors (Lipinski definition) is 1. The number of nitrogens with one attached hydrogen (secondary N) is 1. The largest absolute Gasteiger partial charge is 0.441 e. The van der Waals surface area contributed by atoms with E-state index in [1.54, 1.807) is 12.1 Å². The number of benzene rings is 1. The Balaban J connectivity index is 1.62. The van der Waals surface area contributed by atoms with Crippen LogP contribution in [0.2, 0.25) is 0 Å². The van der Waals surface area contributed by atoms with E-state index in [0.717, 1.165) is 30.8 Å². The minimum atomic E-state index is -0.698. The number of nitrogens with zero attached hydrogens (tertiary/aromatic N) is 2. The summed E-state index contributed by atoms with van der Waals surface area (Å²) in [6.45, 7) is 1.83. The second kappa shape index (κ2) is 8.16. The van der Waals surface area contributed by atoms with E-state index in [9.17, 15) is 14.0 Å². The van der Waals surface area contributed by atoms with Crippen LogP contribution in [-0.4, -0.2) is 30.0 Å². The summed E-state index contributed by atoms with van der Waals surface area (Å²) in [5, 5.41) is 2.28. The zero-order valence-electron chi connectivity index (χ0n) is 15.7. The van der Waals surface area contributed by atoms with Crippen LogP contribution in [0.15, 0.2) is 46.4 Å². The van der Waals surface area contributed by atoms with Crippen molar-refractivity contribution in [2.24, 2.45) is 0 Å². The second-order valence-corrected chi connectivity index (χ2v) is 7.37. The highest BCUT2D eigenvalue weighted by atomic mass is 32.1. The van der Waals surface area contributed by atoms with Gasteiger partial charge in [-0.1, -0.05) is 25.0 Å². The lowest BCUT2D eigenvalue weighted by atomic mass is 10.1. The molecule has 0 unspecified atom stereocenters. The van der Waals surface area contributed by atoms with Gasteiger partial charge in [-0.05, 0) is 49.3 Å². The number of anilines is 2. The topological polar surface area (TPSA) is 65.8 Å². The van der Waals surface area contributed by atoms with Crippen molar-refractivity contribution in [3.63, 3.8) is 0 Å². The van der Waals surface area contributed by atoms with Gasteiger partial charge in [0, 0.05) is 19.2 Å². The van der Waals surface area contributed by atoms with Crippen molar-refractivity contribution >= 4 is 46.8 Å². The van der Waals surface area contributed by atoms with E-state index in [0.29, 0.717) is 11.6 Å². The van der Waals surface area contributed by atoms with Crippen LogP contribution in [0.3, 0.4) is 0 Å². The maximum Gasteiger partial charge on any atom is 0.270 e. The van der Waals surface area contributed by atoms with E-state index in [1.807, 2.05) is 6.07 Å². The van der Waals surface area contributed by atoms with E-state index < -0.39 is 17.6 Å². The standard InChI is InChI=1S/C21H20FN3O3S/c22-16-7-3-4-8-17(16)25-20(27)15(19(26)23-21(25)29)13-14-9-10-18(28-14)24-11-5-1-2-6-12-24/h3-4,7-10,13H,1-2,5-6,11-12H2,(H,23,26,29)/b15-13+. The van der Waals surface area contributed by atoms with Crippen LogP contribution in [0.1, 0.15) is 31.4 Å². The predicted octanol–water partition coefficient (Wildman–Crippen LogP) is 3.63. The van der Waals surface area contributed by atoms with Crippen molar-refractivity contribution in [3.05, 3.63) is 53.5 Å². The number of para-hydroxylation sites is 1. The van der Waals surface area contributed by atoms with Gasteiger partial charge in [-0.15, -0.1) is 0 Å². The van der Waals surface area contributed by atoms with Crippen molar-refractivity contribution < 1.29 is 18.4 Å². The van der Waals surface area contributed by atoms with Crippen LogP contribution in [0.25, 0.3) is 6.08 Å². The molecule has 1 aromatic carbocycles. The van der Waals surface area contributed by atoms with Crippen LogP contribution < -0.4 is 15.1 Å². The smallest absolute Gasteiger partial charge is 0.270 e. The Morgan fingerprint density at radius 3 is 2.48 bits per heavy atom. The number of carbonyl (C=O) groups is 2. The molecule has 0 aliphatic carbocycles. The Morgan fingerprint density at radius 2 is 1.76 bits per heavy atom. The fourth-order valence-electron chi connectivity index (χ4n) is 3.53. The van der Waals surface area contributed by atoms with E-state index in [2.05, 4.69) is 10.2 Å². The average Bonchev–Trinajstić information content (AvgIpc) is 2.99. The van der Waals surface area contributed by atoms with Gasteiger partial charge in [-0.25, -0.2) is 9.29 Å². The third-order valence-electron chi connectivity index (χ3n) is 5.01. The molecule has 0 bridgehead atoms. The third-order valence-corrected chi connectivity index (χ3v) is 5.30. The lowest BCUT2D eigenvalue weighted by Gasteiger charge is -2.28. The van der Waals surface area contributed by atoms with Gasteiger partial charge in [0.25, 0.3) is 11.8 Å². The molecule has 0 radical (unpaired) electrons. The summed E-state index contributed by atoms with van der Waals surface area (Å²) in [7, 11) is 0. The second-order valence-electron chi connectivity index (χ2n) is 6.99. The summed E-state index contributed by atoms with van der Waals surface area (Å²) in [5.41, 5.74) is -0.184. The van der Waals surface area contributed by atoms with Gasteiger partial charge in [0.05, 0.1) is 5.69 Å². The summed E-state index contributed by atoms with van der Waals surface area (Å²) < 4.78 is 20.1. The normalized spacial score (nSPS) is 19.5. The Morgan fingerprint density at radius 1 is 1.03 bits per heavy atom. The maximum atomic E-state index is 14.2. The van der Waals surface area contributed by atoms with Gasteiger partial charge in [-0.2, -0.15) is 0 Å². The molecule has 2 saturated heterocycles. The molecule has 0 atom stereocenters. The summed E-state index contributed by atoms with van der Waals surface area (Å²) in [6, 6.07) is 9.31. The van der Waals surface area contributed by atoms with Gasteiger partial charge in [0.1, 0.15) is 17.2 Å². The number of amides is 2. The summed E-state index contributed by atoms with van der Waals surface area (Å²) in [6.07, 6.45) is 5.98. The molecule has 3 heterocycles. The van der Waals surface area contributed by atoms with Crippen LogP contribution in [0, 0.1) is 5.82 Å². The maximum absolute atomic E-state index is 14.2. The first kappa shape index (κ1) is 19.3. The lowest BCUT2D eigenvalue weighted by Crippen LogP contribution is -2.54. The van der Waals surface area contributed by atoms with E-state index in [4.69, 9.17) is 16.6 Å². The molecule has 2 aromatic rings. The number of hydrogen-bond acceptors (Lipinski definition) is 5. The van der Waals surface area contributed by atoms with E-state index in [-0.39, 0.29) is 16.4 Å². The highest BCUT2D eigenvalue weighted by molar-refractivity contribution is 7.80. The van der Waals surface area contributed by atoms with E-state index >= 15 is 0 Å². The monoisotopic (exact) mass is 413 g/mol. The predicted molar refractivity (Wildman–Crippen MR) is 112 cm³/mol. The third kappa shape index (κ3) is 3.93. The van der Waals surface area contributed by atoms with Crippen LogP contribution in [0.4, 0.5) is 16.0 Å². The van der Waals surface area contributed by atoms with Crippen LogP contribution in [0.5, 0.6) is 0 Å². The van der Waals surface area contributed by atoms with Gasteiger partial charge < -0.3 is 9.32 Å². The van der Waals surface area contributed by atoms with Crippen molar-refractivity contribution in [2.45, 2.75) is 25.7 Å². The Labute approximate surface area is 173 Å². The molecule has 2 aliphatic rings. The highest BCUT2D eigenvalue weighted by Gasteiger charge is 2.36. The Hall–Kier alpha value is -3.00. The van der Waals surface area contributed by atoms with Crippen LogP contribution in [-0.2, 0) is 9.59 Å². The van der Waals surface area contributed by atoms with Gasteiger partial charge >= 0.3 is 0 Å². The minimum absolute atomic E-state index is 0.0156. The summed E-state index contributed by atoms with van der Waals surface area (Å²) in [4.78, 5) is 28.5. The zero-order chi connectivity index (χ0) is 20.4. The van der Waals surface area contributed by atoms with Crippen molar-refractivity contribution in [1.82, 2.24) is 5.32 Å². The van der Waals surface area contributed by atoms with Crippen LogP contribution >= 0.6 is 12.2 Å². The average molecular weight is 413 g/mol. The number of rotatable bonds is 3. The molecular weight excluding hydrogens is 393 g/mol. The summed E-state index contributed by atoms with van der Waals surface area (Å²) >= 11 is 5.09. The zero-order valence-corrected chi connectivity index (χ0v) is 16.5. The number of carbonyl (C=O) groups excluding carboxylic acids is 2. The molecule has 0 spiro atoms. The molecule has 2 aliphatic heterocycles. The quantitative estimate of drug-likeness (QED) is 0.473. The molecular formula is C21H20FN3O3S. The molecule has 29 heavy (non-hydrogen) atoms. The molecule has 8 heteroatoms. The van der Waals surface area contributed by atoms with Gasteiger partial charge in [0.2, 0.25) is 0 Å². The first-order valence-electron chi connectivity index (χ1n) is 9.55. The lowest BCUT2D eigenvalue weighted by molar-refractivity contribution is -0.122. The van der Waals surface area contributed by atoms with E-state index in [1.165, 1.54) is 37.1 Å². The van der Waals surface area contributed by atoms with Gasteiger partial charge in [-0.3, -0.25) is 14.9 Å². The molecule has 0 saturated carbocycles. The number of furan rings is 1. The highest BCUT2D eigenvalue weighted by Crippen LogP contribution is 2.27. The van der Waals surface area contributed by atoms with Crippen molar-refractivity contribution in [1.29, 1.82) is 0 Å².